The summed E-state index contributed by atoms with van der Waals surface area (Å²) in [4.78, 5) is 28.6. The molecule has 5 aromatic rings. The van der Waals surface area contributed by atoms with E-state index in [0.29, 0.717) is 21.8 Å². The maximum Gasteiger partial charge on any atom is 0.260 e. The van der Waals surface area contributed by atoms with Crippen LogP contribution in [0.3, 0.4) is 0 Å². The largest absolute Gasteiger partial charge is 0.333 e. The van der Waals surface area contributed by atoms with Crippen molar-refractivity contribution in [3.63, 3.8) is 0 Å². The highest BCUT2D eigenvalue weighted by Crippen LogP contribution is 2.31. The Morgan fingerprint density at radius 2 is 1.86 bits per heavy atom. The third kappa shape index (κ3) is 3.10. The van der Waals surface area contributed by atoms with Gasteiger partial charge in [0, 0.05) is 10.9 Å². The van der Waals surface area contributed by atoms with Gasteiger partial charge in [0.05, 0.1) is 22.2 Å². The molecule has 0 bridgehead atoms. The number of aromatic nitrogens is 4. The lowest BCUT2D eigenvalue weighted by molar-refractivity contribution is 0.628. The molecule has 5 rings (SSSR count). The van der Waals surface area contributed by atoms with Gasteiger partial charge >= 0.3 is 0 Å². The molecule has 0 aliphatic heterocycles. The molecule has 0 atom stereocenters. The molecular formula is C20H13FN4OS2. The molecule has 0 saturated carbocycles. The maximum atomic E-state index is 13.2. The number of H-pyrrole nitrogens is 2. The van der Waals surface area contributed by atoms with E-state index in [0.717, 1.165) is 27.3 Å². The summed E-state index contributed by atoms with van der Waals surface area (Å²) < 4.78 is 13.2. The molecule has 0 aliphatic rings. The van der Waals surface area contributed by atoms with E-state index >= 15 is 0 Å². The van der Waals surface area contributed by atoms with E-state index in [9.17, 15) is 9.18 Å². The number of hydrogen-bond acceptors (Lipinski definition) is 5. The quantitative estimate of drug-likeness (QED) is 0.412. The van der Waals surface area contributed by atoms with Crippen LogP contribution in [0.5, 0.6) is 0 Å². The molecule has 0 radical (unpaired) electrons. The lowest BCUT2D eigenvalue weighted by Gasteiger charge is -2.02. The summed E-state index contributed by atoms with van der Waals surface area (Å²) >= 11 is 2.89. The molecule has 5 nitrogen and oxygen atoms in total. The number of thiophene rings is 1. The fraction of sp³-hybridized carbons (Fsp3) is 0.0500. The van der Waals surface area contributed by atoms with Gasteiger partial charge in [0.2, 0.25) is 0 Å². The normalized spacial score (nSPS) is 11.5. The molecule has 0 saturated heterocycles. The second-order valence-electron chi connectivity index (χ2n) is 6.20. The van der Waals surface area contributed by atoms with Gasteiger partial charge in [-0.05, 0) is 29.8 Å². The number of nitrogens with zero attached hydrogens (tertiary/aromatic N) is 2. The van der Waals surface area contributed by atoms with Gasteiger partial charge in [-0.15, -0.1) is 11.3 Å². The van der Waals surface area contributed by atoms with Crippen LogP contribution in [0.2, 0.25) is 0 Å². The molecule has 0 aliphatic carbocycles. The molecular weight excluding hydrogens is 395 g/mol. The zero-order valence-electron chi connectivity index (χ0n) is 14.4. The van der Waals surface area contributed by atoms with Crippen molar-refractivity contribution >= 4 is 44.3 Å². The van der Waals surface area contributed by atoms with Crippen molar-refractivity contribution < 1.29 is 4.39 Å². The first kappa shape index (κ1) is 17.2. The van der Waals surface area contributed by atoms with E-state index in [1.165, 1.54) is 35.2 Å². The van der Waals surface area contributed by atoms with Gasteiger partial charge in [0.15, 0.2) is 5.16 Å². The average Bonchev–Trinajstić information content (AvgIpc) is 3.31. The third-order valence-electron chi connectivity index (χ3n) is 4.36. The third-order valence-corrected chi connectivity index (χ3v) is 6.12. The Hall–Kier alpha value is -2.97. The first-order chi connectivity index (χ1) is 13.7. The minimum Gasteiger partial charge on any atom is -0.333 e. The Morgan fingerprint density at radius 1 is 1.04 bits per heavy atom. The number of para-hydroxylation sites is 2. The summed E-state index contributed by atoms with van der Waals surface area (Å²) in [7, 11) is 0. The highest BCUT2D eigenvalue weighted by Gasteiger charge is 2.13. The second-order valence-corrected chi connectivity index (χ2v) is 8.02. The van der Waals surface area contributed by atoms with Gasteiger partial charge in [0.1, 0.15) is 16.5 Å². The summed E-state index contributed by atoms with van der Waals surface area (Å²) in [5.74, 6) is 0.782. The Balaban J connectivity index is 1.45. The molecule has 3 aromatic heterocycles. The predicted octanol–water partition coefficient (Wildman–Crippen LogP) is 4.96. The number of benzene rings is 2. The maximum absolute atomic E-state index is 13.2. The number of imidazole rings is 1. The molecule has 2 N–H and O–H groups in total. The molecule has 28 heavy (non-hydrogen) atoms. The summed E-state index contributed by atoms with van der Waals surface area (Å²) in [5.41, 5.74) is 3.26. The lowest BCUT2D eigenvalue weighted by atomic mass is 10.1. The first-order valence-corrected chi connectivity index (χ1v) is 10.4. The van der Waals surface area contributed by atoms with Crippen molar-refractivity contribution in [1.29, 1.82) is 0 Å². The topological polar surface area (TPSA) is 74.4 Å². The Morgan fingerprint density at radius 3 is 2.68 bits per heavy atom. The van der Waals surface area contributed by atoms with Gasteiger partial charge in [-0.25, -0.2) is 14.4 Å². The second kappa shape index (κ2) is 6.88. The van der Waals surface area contributed by atoms with Crippen LogP contribution in [0.25, 0.3) is 32.4 Å². The van der Waals surface area contributed by atoms with Gasteiger partial charge in [-0.1, -0.05) is 36.0 Å². The van der Waals surface area contributed by atoms with Crippen molar-refractivity contribution in [1.82, 2.24) is 19.9 Å². The van der Waals surface area contributed by atoms with Crippen molar-refractivity contribution in [2.45, 2.75) is 10.9 Å². The first-order valence-electron chi connectivity index (χ1n) is 8.51. The van der Waals surface area contributed by atoms with Gasteiger partial charge in [-0.3, -0.25) is 4.79 Å². The molecule has 0 spiro atoms. The SMILES string of the molecule is O=c1[nH]c(CSc2nc3ccccc3[nH]2)nc2scc(-c3ccc(F)cc3)c12. The van der Waals surface area contributed by atoms with E-state index < -0.39 is 0 Å². The van der Waals surface area contributed by atoms with Crippen LogP contribution < -0.4 is 5.56 Å². The van der Waals surface area contributed by atoms with E-state index in [-0.39, 0.29) is 11.4 Å². The number of rotatable bonds is 4. The number of aromatic amines is 2. The molecule has 0 amide bonds. The Kier molecular flexibility index (Phi) is 4.22. The molecule has 138 valence electrons. The number of thioether (sulfide) groups is 1. The van der Waals surface area contributed by atoms with Crippen molar-refractivity contribution in [3.8, 4) is 11.1 Å². The zero-order valence-corrected chi connectivity index (χ0v) is 16.0. The smallest absolute Gasteiger partial charge is 0.260 e. The van der Waals surface area contributed by atoms with Crippen LogP contribution in [-0.4, -0.2) is 19.9 Å². The van der Waals surface area contributed by atoms with Crippen LogP contribution in [0.15, 0.2) is 63.9 Å². The highest BCUT2D eigenvalue weighted by atomic mass is 32.2. The van der Waals surface area contributed by atoms with Crippen molar-refractivity contribution in [2.24, 2.45) is 0 Å². The van der Waals surface area contributed by atoms with Gasteiger partial charge < -0.3 is 9.97 Å². The standard InChI is InChI=1S/C20H13FN4OS2/c21-12-7-5-11(6-8-12)13-9-27-19-17(13)18(26)24-16(25-19)10-28-20-22-14-3-1-2-4-15(14)23-20/h1-9H,10H2,(H,22,23)(H,24,25,26). The summed E-state index contributed by atoms with van der Waals surface area (Å²) in [6.07, 6.45) is 0. The fourth-order valence-corrected chi connectivity index (χ4v) is 4.76. The fourth-order valence-electron chi connectivity index (χ4n) is 3.04. The van der Waals surface area contributed by atoms with Crippen molar-refractivity contribution in [2.75, 3.05) is 0 Å². The van der Waals surface area contributed by atoms with Gasteiger partial charge in [0.25, 0.3) is 5.56 Å². The minimum atomic E-state index is -0.305. The number of halogens is 1. The summed E-state index contributed by atoms with van der Waals surface area (Å²) in [6, 6.07) is 13.9. The monoisotopic (exact) mass is 408 g/mol. The Labute approximate surface area is 166 Å². The van der Waals surface area contributed by atoms with E-state index in [1.54, 1.807) is 12.1 Å². The van der Waals surface area contributed by atoms with E-state index in [1.807, 2.05) is 29.6 Å². The van der Waals surface area contributed by atoms with Gasteiger partial charge in [-0.2, -0.15) is 0 Å². The zero-order chi connectivity index (χ0) is 19.1. The highest BCUT2D eigenvalue weighted by molar-refractivity contribution is 7.98. The van der Waals surface area contributed by atoms with E-state index in [4.69, 9.17) is 0 Å². The van der Waals surface area contributed by atoms with Crippen molar-refractivity contribution in [3.05, 3.63) is 75.9 Å². The lowest BCUT2D eigenvalue weighted by Crippen LogP contribution is -2.10. The predicted molar refractivity (Wildman–Crippen MR) is 111 cm³/mol. The summed E-state index contributed by atoms with van der Waals surface area (Å²) in [6.45, 7) is 0. The number of nitrogens with one attached hydrogen (secondary N) is 2. The summed E-state index contributed by atoms with van der Waals surface area (Å²) in [5, 5.41) is 3.20. The minimum absolute atomic E-state index is 0.189. The molecule has 8 heteroatoms. The number of hydrogen-bond donors (Lipinski definition) is 2. The molecule has 2 aromatic carbocycles. The molecule has 0 unspecified atom stereocenters. The van der Waals surface area contributed by atoms with Crippen LogP contribution in [0, 0.1) is 5.82 Å². The average molecular weight is 408 g/mol. The van der Waals surface area contributed by atoms with E-state index in [2.05, 4.69) is 19.9 Å². The molecule has 3 heterocycles. The molecule has 0 fully saturated rings. The van der Waals surface area contributed by atoms with Crippen LogP contribution in [-0.2, 0) is 5.75 Å². The number of fused-ring (bicyclic) bond motifs is 2. The Bertz CT molecular complexity index is 1320. The van der Waals surface area contributed by atoms with Crippen LogP contribution in [0.1, 0.15) is 5.82 Å². The van der Waals surface area contributed by atoms with Crippen LogP contribution in [0.4, 0.5) is 4.39 Å². The van der Waals surface area contributed by atoms with Crippen LogP contribution >= 0.6 is 23.1 Å².